The average molecular weight is 394 g/mol. The van der Waals surface area contributed by atoms with Crippen LogP contribution in [0.15, 0.2) is 42.5 Å². The minimum atomic E-state index is -4.57. The molecule has 0 aliphatic carbocycles. The molecule has 0 unspecified atom stereocenters. The molecule has 0 spiro atoms. The normalized spacial score (nSPS) is 10.8. The highest BCUT2D eigenvalue weighted by molar-refractivity contribution is 5.93. The van der Waals surface area contributed by atoms with E-state index in [-0.39, 0.29) is 30.4 Å². The van der Waals surface area contributed by atoms with E-state index < -0.39 is 24.3 Å². The first-order valence-corrected chi connectivity index (χ1v) is 8.09. The smallest absolute Gasteiger partial charge is 0.416 e. The first kappa shape index (κ1) is 21.1. The van der Waals surface area contributed by atoms with Crippen LogP contribution in [-0.2, 0) is 15.7 Å². The number of carbonyl (C=O) groups is 1. The number of nitrogens with one attached hydrogen (secondary N) is 1. The van der Waals surface area contributed by atoms with Crippen molar-refractivity contribution in [1.29, 1.82) is 5.26 Å². The molecule has 0 aliphatic heterocycles. The molecular formula is C19H17F3N2O4. The molecule has 28 heavy (non-hydrogen) atoms. The summed E-state index contributed by atoms with van der Waals surface area (Å²) in [6.07, 6.45) is -4.57. The Hall–Kier alpha value is -3.25. The molecular weight excluding hydrogens is 377 g/mol. The maximum atomic E-state index is 13.0. The number of alkyl halides is 3. The Kier molecular flexibility index (Phi) is 7.23. The van der Waals surface area contributed by atoms with Crippen LogP contribution in [0, 0.1) is 11.3 Å². The van der Waals surface area contributed by atoms with Crippen LogP contribution in [0.2, 0.25) is 0 Å². The lowest BCUT2D eigenvalue weighted by Gasteiger charge is -2.15. The van der Waals surface area contributed by atoms with Crippen LogP contribution in [0.1, 0.15) is 11.1 Å². The zero-order valence-corrected chi connectivity index (χ0v) is 14.9. The van der Waals surface area contributed by atoms with E-state index in [2.05, 4.69) is 5.32 Å². The van der Waals surface area contributed by atoms with Crippen LogP contribution in [-0.4, -0.2) is 32.8 Å². The minimum absolute atomic E-state index is 0.0740. The molecule has 0 saturated heterocycles. The molecule has 0 heterocycles. The summed E-state index contributed by atoms with van der Waals surface area (Å²) in [5.41, 5.74) is -0.709. The van der Waals surface area contributed by atoms with Crippen LogP contribution in [0.4, 0.5) is 18.9 Å². The molecule has 6 nitrogen and oxygen atoms in total. The van der Waals surface area contributed by atoms with E-state index in [9.17, 15) is 18.0 Å². The second-order valence-electron chi connectivity index (χ2n) is 5.53. The van der Waals surface area contributed by atoms with Gasteiger partial charge in [0.2, 0.25) is 0 Å². The maximum absolute atomic E-state index is 13.0. The van der Waals surface area contributed by atoms with Crippen molar-refractivity contribution in [2.75, 3.05) is 32.2 Å². The Bertz CT molecular complexity index is 863. The van der Waals surface area contributed by atoms with Crippen LogP contribution >= 0.6 is 0 Å². The van der Waals surface area contributed by atoms with E-state index >= 15 is 0 Å². The number of carbonyl (C=O) groups excluding carboxylic acids is 1. The van der Waals surface area contributed by atoms with Crippen molar-refractivity contribution in [1.82, 2.24) is 0 Å². The summed E-state index contributed by atoms with van der Waals surface area (Å²) in [6, 6.07) is 10.9. The molecule has 1 amide bonds. The number of halogens is 3. The molecule has 2 rings (SSSR count). The standard InChI is InChI=1S/C19H17F3N2O4/c1-26-7-8-27-17-6-5-14(19(20,21)22)10-16(17)24-18(25)12-28-15-4-2-3-13(9-15)11-23/h2-6,9-10H,7-8,12H2,1H3,(H,24,25). The van der Waals surface area contributed by atoms with Crippen LogP contribution in [0.5, 0.6) is 11.5 Å². The second-order valence-corrected chi connectivity index (χ2v) is 5.53. The fourth-order valence-electron chi connectivity index (χ4n) is 2.16. The van der Waals surface area contributed by atoms with Gasteiger partial charge in [0.1, 0.15) is 18.1 Å². The fourth-order valence-corrected chi connectivity index (χ4v) is 2.16. The van der Waals surface area contributed by atoms with Gasteiger partial charge in [0.15, 0.2) is 6.61 Å². The number of hydrogen-bond donors (Lipinski definition) is 1. The number of anilines is 1. The minimum Gasteiger partial charge on any atom is -0.489 e. The molecule has 0 fully saturated rings. The van der Waals surface area contributed by atoms with Gasteiger partial charge in [-0.3, -0.25) is 4.79 Å². The molecule has 2 aromatic rings. The topological polar surface area (TPSA) is 80.6 Å². The zero-order chi connectivity index (χ0) is 20.6. The van der Waals surface area contributed by atoms with Crippen LogP contribution < -0.4 is 14.8 Å². The maximum Gasteiger partial charge on any atom is 0.416 e. The average Bonchev–Trinajstić information content (AvgIpc) is 2.67. The first-order chi connectivity index (χ1) is 13.3. The lowest BCUT2D eigenvalue weighted by molar-refractivity contribution is -0.137. The summed E-state index contributed by atoms with van der Waals surface area (Å²) in [7, 11) is 1.46. The molecule has 1 N–H and O–H groups in total. The summed E-state index contributed by atoms with van der Waals surface area (Å²) in [4.78, 5) is 12.1. The van der Waals surface area contributed by atoms with Gasteiger partial charge in [-0.15, -0.1) is 0 Å². The van der Waals surface area contributed by atoms with Gasteiger partial charge >= 0.3 is 6.18 Å². The molecule has 0 bridgehead atoms. The molecule has 0 radical (unpaired) electrons. The van der Waals surface area contributed by atoms with E-state index in [0.29, 0.717) is 5.56 Å². The predicted molar refractivity (Wildman–Crippen MR) is 94.1 cm³/mol. The molecule has 2 aromatic carbocycles. The summed E-state index contributed by atoms with van der Waals surface area (Å²) < 4.78 is 54.3. The number of nitrogens with zero attached hydrogens (tertiary/aromatic N) is 1. The summed E-state index contributed by atoms with van der Waals surface area (Å²) in [5.74, 6) is -0.321. The summed E-state index contributed by atoms with van der Waals surface area (Å²) in [6.45, 7) is -0.127. The fraction of sp³-hybridized carbons (Fsp3) is 0.263. The van der Waals surface area contributed by atoms with Crippen molar-refractivity contribution >= 4 is 11.6 Å². The van der Waals surface area contributed by atoms with Gasteiger partial charge in [-0.25, -0.2) is 0 Å². The molecule has 148 valence electrons. The first-order valence-electron chi connectivity index (χ1n) is 8.09. The molecule has 0 aliphatic rings. The summed E-state index contributed by atoms with van der Waals surface area (Å²) >= 11 is 0. The van der Waals surface area contributed by atoms with Gasteiger partial charge in [0, 0.05) is 7.11 Å². The third kappa shape index (κ3) is 6.17. The predicted octanol–water partition coefficient (Wildman–Crippen LogP) is 3.62. The van der Waals surface area contributed by atoms with Crippen molar-refractivity contribution < 1.29 is 32.2 Å². The van der Waals surface area contributed by atoms with Crippen molar-refractivity contribution in [2.24, 2.45) is 0 Å². The number of ether oxygens (including phenoxy) is 3. The van der Waals surface area contributed by atoms with E-state index in [1.165, 1.54) is 13.2 Å². The van der Waals surface area contributed by atoms with E-state index in [1.807, 2.05) is 6.07 Å². The Labute approximate surface area is 159 Å². The van der Waals surface area contributed by atoms with Crippen molar-refractivity contribution in [3.8, 4) is 17.6 Å². The van der Waals surface area contributed by atoms with Crippen molar-refractivity contribution in [2.45, 2.75) is 6.18 Å². The van der Waals surface area contributed by atoms with Crippen LogP contribution in [0.3, 0.4) is 0 Å². The molecule has 0 atom stereocenters. The highest BCUT2D eigenvalue weighted by Crippen LogP contribution is 2.35. The van der Waals surface area contributed by atoms with Gasteiger partial charge in [0.25, 0.3) is 5.91 Å². The molecule has 9 heteroatoms. The number of methoxy groups -OCH3 is 1. The number of amides is 1. The lowest BCUT2D eigenvalue weighted by atomic mass is 10.1. The second kappa shape index (κ2) is 9.62. The third-order valence-corrected chi connectivity index (χ3v) is 3.46. The number of hydrogen-bond acceptors (Lipinski definition) is 5. The highest BCUT2D eigenvalue weighted by Gasteiger charge is 2.31. The van der Waals surface area contributed by atoms with E-state index in [1.54, 1.807) is 18.2 Å². The van der Waals surface area contributed by atoms with Gasteiger partial charge in [0.05, 0.1) is 29.5 Å². The SMILES string of the molecule is COCCOc1ccc(C(F)(F)F)cc1NC(=O)COc1cccc(C#N)c1. The van der Waals surface area contributed by atoms with Gasteiger partial charge < -0.3 is 19.5 Å². The Morgan fingerprint density at radius 3 is 2.61 bits per heavy atom. The van der Waals surface area contributed by atoms with Crippen molar-refractivity contribution in [3.05, 3.63) is 53.6 Å². The molecule has 0 saturated carbocycles. The van der Waals surface area contributed by atoms with Crippen LogP contribution in [0.25, 0.3) is 0 Å². The largest absolute Gasteiger partial charge is 0.489 e. The monoisotopic (exact) mass is 394 g/mol. The van der Waals surface area contributed by atoms with E-state index in [0.717, 1.165) is 18.2 Å². The number of rotatable bonds is 8. The zero-order valence-electron chi connectivity index (χ0n) is 14.9. The number of benzene rings is 2. The lowest BCUT2D eigenvalue weighted by Crippen LogP contribution is -2.21. The Morgan fingerprint density at radius 2 is 1.93 bits per heavy atom. The molecule has 0 aromatic heterocycles. The summed E-state index contributed by atoms with van der Waals surface area (Å²) in [5, 5.41) is 11.2. The quantitative estimate of drug-likeness (QED) is 0.692. The van der Waals surface area contributed by atoms with Crippen molar-refractivity contribution in [3.63, 3.8) is 0 Å². The van der Waals surface area contributed by atoms with Gasteiger partial charge in [-0.05, 0) is 36.4 Å². The third-order valence-electron chi connectivity index (χ3n) is 3.46. The van der Waals surface area contributed by atoms with Gasteiger partial charge in [-0.1, -0.05) is 6.07 Å². The van der Waals surface area contributed by atoms with Gasteiger partial charge in [-0.2, -0.15) is 18.4 Å². The Balaban J connectivity index is 2.10. The highest BCUT2D eigenvalue weighted by atomic mass is 19.4. The Morgan fingerprint density at radius 1 is 1.14 bits per heavy atom. The number of nitriles is 1. The van der Waals surface area contributed by atoms with E-state index in [4.69, 9.17) is 19.5 Å².